The third-order valence-electron chi connectivity index (χ3n) is 13.0. The second-order valence-electron chi connectivity index (χ2n) is 21.0. The Bertz CT molecular complexity index is 1250. The van der Waals surface area contributed by atoms with E-state index in [1.807, 2.05) is 27.2 Å². The van der Waals surface area contributed by atoms with Gasteiger partial charge in [0.05, 0.1) is 39.9 Å². The molecule has 0 aliphatic heterocycles. The lowest BCUT2D eigenvalue weighted by atomic mass is 10.0. The highest BCUT2D eigenvalue weighted by molar-refractivity contribution is 7.45. The maximum atomic E-state index is 13.0. The fourth-order valence-electron chi connectivity index (χ4n) is 8.44. The summed E-state index contributed by atoms with van der Waals surface area (Å²) in [6.07, 6.45) is 66.2. The molecule has 0 saturated carbocycles. The Morgan fingerprint density at radius 2 is 0.868 bits per heavy atom. The van der Waals surface area contributed by atoms with Crippen LogP contribution < -0.4 is 10.2 Å². The van der Waals surface area contributed by atoms with Crippen molar-refractivity contribution in [1.29, 1.82) is 0 Å². The second-order valence-corrected chi connectivity index (χ2v) is 22.4. The summed E-state index contributed by atoms with van der Waals surface area (Å²) in [4.78, 5) is 25.5. The van der Waals surface area contributed by atoms with Gasteiger partial charge in [-0.3, -0.25) is 9.36 Å². The first-order valence-corrected chi connectivity index (χ1v) is 30.5. The molecule has 0 heterocycles. The molecule has 0 rings (SSSR count). The zero-order valence-corrected chi connectivity index (χ0v) is 46.5. The molecule has 3 unspecified atom stereocenters. The number of quaternary nitrogens is 1. The highest BCUT2D eigenvalue weighted by Gasteiger charge is 2.23. The Kier molecular flexibility index (Phi) is 49.3. The number of nitrogens with zero attached hydrogens (tertiary/aromatic N) is 1. The van der Waals surface area contributed by atoms with Crippen molar-refractivity contribution in [3.63, 3.8) is 0 Å². The van der Waals surface area contributed by atoms with Gasteiger partial charge in [0.1, 0.15) is 13.2 Å². The smallest absolute Gasteiger partial charge is 0.268 e. The van der Waals surface area contributed by atoms with Crippen molar-refractivity contribution >= 4 is 13.7 Å². The lowest BCUT2D eigenvalue weighted by Crippen LogP contribution is -2.45. The number of rotatable bonds is 53. The van der Waals surface area contributed by atoms with Gasteiger partial charge in [0.2, 0.25) is 5.91 Å². The van der Waals surface area contributed by atoms with Gasteiger partial charge in [-0.15, -0.1) is 0 Å². The molecule has 0 aromatic heterocycles. The summed E-state index contributed by atoms with van der Waals surface area (Å²) >= 11 is 0. The van der Waals surface area contributed by atoms with E-state index in [1.54, 1.807) is 6.08 Å². The van der Waals surface area contributed by atoms with Gasteiger partial charge in [0.25, 0.3) is 7.82 Å². The third kappa shape index (κ3) is 52.3. The number of unbranched alkanes of at least 4 members (excludes halogenated alkanes) is 34. The Morgan fingerprint density at radius 1 is 0.515 bits per heavy atom. The Morgan fingerprint density at radius 3 is 1.28 bits per heavy atom. The largest absolute Gasteiger partial charge is 0.756 e. The van der Waals surface area contributed by atoms with Crippen LogP contribution in [0.5, 0.6) is 0 Å². The second kappa shape index (κ2) is 50.4. The van der Waals surface area contributed by atoms with Crippen molar-refractivity contribution in [3.8, 4) is 0 Å². The molecule has 0 spiro atoms. The van der Waals surface area contributed by atoms with Gasteiger partial charge in [0, 0.05) is 6.42 Å². The van der Waals surface area contributed by atoms with E-state index in [4.69, 9.17) is 9.05 Å². The van der Waals surface area contributed by atoms with Crippen molar-refractivity contribution in [2.45, 2.75) is 283 Å². The molecule has 0 radical (unpaired) electrons. The number of phosphoric ester groups is 1. The molecule has 68 heavy (non-hydrogen) atoms. The number of allylic oxidation sites excluding steroid dienone is 7. The summed E-state index contributed by atoms with van der Waals surface area (Å²) in [6, 6.07) is -0.904. The van der Waals surface area contributed by atoms with Gasteiger partial charge in [-0.25, -0.2) is 0 Å². The number of hydrogen-bond acceptors (Lipinski definition) is 6. The van der Waals surface area contributed by atoms with Crippen LogP contribution in [0, 0.1) is 0 Å². The van der Waals surface area contributed by atoms with Crippen molar-refractivity contribution in [2.75, 3.05) is 40.9 Å². The van der Waals surface area contributed by atoms with E-state index in [0.717, 1.165) is 44.9 Å². The minimum atomic E-state index is -4.60. The fraction of sp³-hybridized carbons (Fsp3) is 0.847. The van der Waals surface area contributed by atoms with Gasteiger partial charge in [-0.2, -0.15) is 0 Å². The molecule has 8 nitrogen and oxygen atoms in total. The van der Waals surface area contributed by atoms with Gasteiger partial charge >= 0.3 is 0 Å². The van der Waals surface area contributed by atoms with Crippen LogP contribution >= 0.6 is 7.82 Å². The van der Waals surface area contributed by atoms with E-state index >= 15 is 0 Å². The summed E-state index contributed by atoms with van der Waals surface area (Å²) < 4.78 is 23.3. The van der Waals surface area contributed by atoms with Crippen LogP contribution in [0.2, 0.25) is 0 Å². The molecule has 0 aliphatic rings. The van der Waals surface area contributed by atoms with E-state index in [2.05, 4.69) is 55.6 Å². The predicted molar refractivity (Wildman–Crippen MR) is 293 cm³/mol. The zero-order chi connectivity index (χ0) is 49.9. The van der Waals surface area contributed by atoms with Gasteiger partial charge in [-0.05, 0) is 64.2 Å². The van der Waals surface area contributed by atoms with Crippen LogP contribution in [0.1, 0.15) is 271 Å². The number of amides is 1. The first kappa shape index (κ1) is 66.5. The molecule has 1 amide bonds. The maximum absolute atomic E-state index is 13.0. The third-order valence-corrected chi connectivity index (χ3v) is 14.0. The van der Waals surface area contributed by atoms with Crippen molar-refractivity contribution in [2.24, 2.45) is 0 Å². The number of phosphoric acid groups is 1. The maximum Gasteiger partial charge on any atom is 0.268 e. The van der Waals surface area contributed by atoms with E-state index in [0.29, 0.717) is 17.4 Å². The average molecular weight is 978 g/mol. The highest BCUT2D eigenvalue weighted by atomic mass is 31.2. The predicted octanol–water partition coefficient (Wildman–Crippen LogP) is 16.9. The number of aliphatic hydroxyl groups excluding tert-OH is 1. The first-order chi connectivity index (χ1) is 33.0. The molecule has 9 heteroatoms. The number of nitrogens with one attached hydrogen (secondary N) is 1. The minimum absolute atomic E-state index is 0.00628. The molecule has 2 N–H and O–H groups in total. The molecule has 0 aromatic rings. The number of aliphatic hydroxyl groups is 1. The number of carbonyl (C=O) groups excluding carboxylic acids is 1. The standard InChI is InChI=1S/C59H113N2O6P/c1-6-8-10-12-14-16-18-20-22-24-26-27-28-29-30-31-32-33-35-37-39-41-43-45-47-49-51-53-59(63)60-57(56-67-68(64,65)66-55-54-61(3,4)5)58(62)52-50-48-46-44-42-40-38-36-34-25-23-21-19-17-15-13-11-9-7-2/h18,20,24,26,42,44,50,52,57-58,62H,6-17,19,21-23,25,27-41,43,45-49,51,53-56H2,1-5H3,(H-,60,63,64,65)/b20-18-,26-24-,44-42+,52-50+. The molecule has 400 valence electrons. The first-order valence-electron chi connectivity index (χ1n) is 29.0. The molecule has 0 bridgehead atoms. The van der Waals surface area contributed by atoms with Crippen molar-refractivity contribution in [3.05, 3.63) is 48.6 Å². The lowest BCUT2D eigenvalue weighted by molar-refractivity contribution is -0.870. The van der Waals surface area contributed by atoms with E-state index in [9.17, 15) is 19.4 Å². The number of hydrogen-bond donors (Lipinski definition) is 2. The molecule has 0 saturated heterocycles. The zero-order valence-electron chi connectivity index (χ0n) is 45.6. The molecule has 0 aromatic carbocycles. The van der Waals surface area contributed by atoms with Crippen LogP contribution in [0.4, 0.5) is 0 Å². The average Bonchev–Trinajstić information content (AvgIpc) is 3.30. The normalized spacial score (nSPS) is 14.3. The molecule has 0 aliphatic carbocycles. The number of carbonyl (C=O) groups is 1. The van der Waals surface area contributed by atoms with Crippen molar-refractivity contribution in [1.82, 2.24) is 5.32 Å². The minimum Gasteiger partial charge on any atom is -0.756 e. The van der Waals surface area contributed by atoms with Crippen LogP contribution in [0.3, 0.4) is 0 Å². The molecule has 0 fully saturated rings. The van der Waals surface area contributed by atoms with Crippen LogP contribution in [0.15, 0.2) is 48.6 Å². The fourth-order valence-corrected chi connectivity index (χ4v) is 9.16. The summed E-state index contributed by atoms with van der Waals surface area (Å²) in [5.41, 5.74) is 0. The van der Waals surface area contributed by atoms with Gasteiger partial charge < -0.3 is 28.8 Å². The van der Waals surface area contributed by atoms with E-state index < -0.39 is 26.6 Å². The van der Waals surface area contributed by atoms with Crippen LogP contribution in [-0.4, -0.2) is 68.5 Å². The number of likely N-dealkylation sites (N-methyl/N-ethyl adjacent to an activating group) is 1. The Hall–Kier alpha value is -1.54. The molecular weight excluding hydrogens is 864 g/mol. The quantitative estimate of drug-likeness (QED) is 0.0272. The summed E-state index contributed by atoms with van der Waals surface area (Å²) in [5.74, 6) is -0.205. The Labute approximate surface area is 422 Å². The van der Waals surface area contributed by atoms with Crippen LogP contribution in [-0.2, 0) is 18.4 Å². The summed E-state index contributed by atoms with van der Waals surface area (Å²) in [6.45, 7) is 4.64. The van der Waals surface area contributed by atoms with Gasteiger partial charge in [0.15, 0.2) is 0 Å². The molecular formula is C59H113N2O6P. The SMILES string of the molecule is CCCCCCC/C=C\C/C=C\CCCCCCCCCCCCCCCCCC(=O)NC(COP(=O)([O-])OCC[N+](C)(C)C)C(O)/C=C/CC/C=C/CCCCCCCCCCCCCCC. The van der Waals surface area contributed by atoms with Crippen molar-refractivity contribution < 1.29 is 32.9 Å². The lowest BCUT2D eigenvalue weighted by Gasteiger charge is -2.29. The molecule has 3 atom stereocenters. The summed E-state index contributed by atoms with van der Waals surface area (Å²) in [5, 5.41) is 13.9. The van der Waals surface area contributed by atoms with E-state index in [-0.39, 0.29) is 12.5 Å². The summed E-state index contributed by atoms with van der Waals surface area (Å²) in [7, 11) is 1.25. The van der Waals surface area contributed by atoms with E-state index in [1.165, 1.54) is 205 Å². The topological polar surface area (TPSA) is 108 Å². The highest BCUT2D eigenvalue weighted by Crippen LogP contribution is 2.38. The monoisotopic (exact) mass is 977 g/mol. The Balaban J connectivity index is 4.21. The van der Waals surface area contributed by atoms with Gasteiger partial charge in [-0.1, -0.05) is 249 Å². The van der Waals surface area contributed by atoms with Crippen LogP contribution in [0.25, 0.3) is 0 Å².